The van der Waals surface area contributed by atoms with Crippen LogP contribution in [0.3, 0.4) is 0 Å². The minimum atomic E-state index is -0.920. The Morgan fingerprint density at radius 3 is 1.94 bits per heavy atom. The Morgan fingerprint density at radius 1 is 0.560 bits per heavy atom. The Labute approximate surface area is 289 Å². The minimum absolute atomic E-state index is 0.635. The van der Waals surface area contributed by atoms with Crippen molar-refractivity contribution >= 4 is 21.8 Å². The minimum Gasteiger partial charge on any atom is -0.452 e. The van der Waals surface area contributed by atoms with E-state index in [0.29, 0.717) is 5.56 Å². The molecule has 238 valence electrons. The van der Waals surface area contributed by atoms with Gasteiger partial charge in [0, 0.05) is 83.4 Å². The van der Waals surface area contributed by atoms with E-state index in [1.165, 1.54) is 0 Å². The second-order valence-corrected chi connectivity index (χ2v) is 13.0. The first-order chi connectivity index (χ1) is 24.4. The van der Waals surface area contributed by atoms with Gasteiger partial charge in [0.1, 0.15) is 11.5 Å². The number of rotatable bonds is 4. The maximum atomic E-state index is 9.61. The summed E-state index contributed by atoms with van der Waals surface area (Å²) in [5, 5.41) is 11.7. The lowest BCUT2D eigenvalue weighted by molar-refractivity contribution is -0.0778. The van der Waals surface area contributed by atoms with Gasteiger partial charge in [-0.15, -0.1) is 0 Å². The zero-order chi connectivity index (χ0) is 33.8. The zero-order valence-electron chi connectivity index (χ0n) is 27.5. The van der Waals surface area contributed by atoms with E-state index in [2.05, 4.69) is 93.4 Å². The highest BCUT2D eigenvalue weighted by Gasteiger charge is 2.30. The first-order valence-electron chi connectivity index (χ1n) is 16.5. The smallest absolute Gasteiger partial charge is 0.245 e. The topological polar surface area (TPSA) is 73.0 Å². The van der Waals surface area contributed by atoms with Crippen LogP contribution < -0.4 is 9.47 Å². The molecule has 0 saturated heterocycles. The molecule has 3 aromatic heterocycles. The molecule has 0 bridgehead atoms. The van der Waals surface area contributed by atoms with Gasteiger partial charge in [-0.05, 0) is 101 Å². The monoisotopic (exact) mass is 646 g/mol. The lowest BCUT2D eigenvalue weighted by atomic mass is 9.92. The normalized spacial score (nSPS) is 13.1. The van der Waals surface area contributed by atoms with Crippen LogP contribution in [0.5, 0.6) is 11.5 Å². The van der Waals surface area contributed by atoms with Gasteiger partial charge in [0.15, 0.2) is 0 Å². The molecule has 0 fully saturated rings. The maximum absolute atomic E-state index is 9.61. The molecule has 4 heterocycles. The molecule has 0 radical (unpaired) electrons. The summed E-state index contributed by atoms with van der Waals surface area (Å²) in [5.74, 6) is 0.557. The van der Waals surface area contributed by atoms with E-state index in [0.717, 1.165) is 83.5 Å². The molecule has 0 saturated carbocycles. The average Bonchev–Trinajstić information content (AvgIpc) is 3.43. The molecule has 50 heavy (non-hydrogen) atoms. The number of fused-ring (bicyclic) bond motifs is 6. The molecule has 6 nitrogen and oxygen atoms in total. The second-order valence-electron chi connectivity index (χ2n) is 13.0. The molecular weight excluding hydrogens is 617 g/mol. The molecule has 9 rings (SSSR count). The number of hydrogen-bond acceptors (Lipinski definition) is 5. The summed E-state index contributed by atoms with van der Waals surface area (Å²) in [4.78, 5) is 8.76. The third-order valence-corrected chi connectivity index (χ3v) is 9.26. The van der Waals surface area contributed by atoms with Gasteiger partial charge in [-0.2, -0.15) is 5.26 Å². The molecule has 1 aliphatic heterocycles. The summed E-state index contributed by atoms with van der Waals surface area (Å²) < 4.78 is 15.4. The van der Waals surface area contributed by atoms with Crippen LogP contribution >= 0.6 is 0 Å². The van der Waals surface area contributed by atoms with Crippen LogP contribution in [0.25, 0.3) is 72.0 Å². The van der Waals surface area contributed by atoms with Crippen molar-refractivity contribution in [3.8, 4) is 67.8 Å². The summed E-state index contributed by atoms with van der Waals surface area (Å²) in [6.07, 6.45) is 7.37. The van der Waals surface area contributed by atoms with Gasteiger partial charge in [0.2, 0.25) is 5.79 Å². The Kier molecular flexibility index (Phi) is 6.75. The van der Waals surface area contributed by atoms with Crippen molar-refractivity contribution in [3.05, 3.63) is 152 Å². The van der Waals surface area contributed by atoms with Crippen LogP contribution in [-0.4, -0.2) is 20.3 Å². The summed E-state index contributed by atoms with van der Waals surface area (Å²) in [5.41, 5.74) is 11.9. The van der Waals surface area contributed by atoms with E-state index >= 15 is 0 Å². The van der Waals surface area contributed by atoms with Crippen LogP contribution in [0.15, 0.2) is 146 Å². The summed E-state index contributed by atoms with van der Waals surface area (Å²) in [6.45, 7) is 3.88. The van der Waals surface area contributed by atoms with Crippen molar-refractivity contribution in [2.24, 2.45) is 0 Å². The number of benzene rings is 5. The van der Waals surface area contributed by atoms with E-state index in [-0.39, 0.29) is 0 Å². The highest BCUT2D eigenvalue weighted by molar-refractivity contribution is 6.09. The molecule has 0 aliphatic carbocycles. The molecule has 0 N–H and O–H groups in total. The highest BCUT2D eigenvalue weighted by Crippen LogP contribution is 2.46. The molecule has 1 aliphatic rings. The average molecular weight is 647 g/mol. The molecule has 0 atom stereocenters. The maximum Gasteiger partial charge on any atom is 0.245 e. The first-order valence-corrected chi connectivity index (χ1v) is 16.5. The number of pyridine rings is 2. The Balaban J connectivity index is 1.21. The largest absolute Gasteiger partial charge is 0.452 e. The molecule has 5 aromatic carbocycles. The number of hydrogen-bond donors (Lipinski definition) is 0. The zero-order valence-corrected chi connectivity index (χ0v) is 27.5. The predicted octanol–water partition coefficient (Wildman–Crippen LogP) is 10.6. The number of nitriles is 1. The van der Waals surface area contributed by atoms with Gasteiger partial charge >= 0.3 is 0 Å². The lowest BCUT2D eigenvalue weighted by Crippen LogP contribution is -2.34. The summed E-state index contributed by atoms with van der Waals surface area (Å²) in [7, 11) is 0. The van der Waals surface area contributed by atoms with Gasteiger partial charge < -0.3 is 14.0 Å². The van der Waals surface area contributed by atoms with Crippen LogP contribution in [-0.2, 0) is 0 Å². The Bertz CT molecular complexity index is 2580. The molecule has 8 aromatic rings. The third kappa shape index (κ3) is 5.04. The van der Waals surface area contributed by atoms with Gasteiger partial charge in [0.25, 0.3) is 0 Å². The number of para-hydroxylation sites is 1. The van der Waals surface area contributed by atoms with Crippen molar-refractivity contribution in [2.75, 3.05) is 0 Å². The molecule has 6 heteroatoms. The standard InChI is InChI=1S/C44H30N4O2/c1-44(2)49-42-16-12-29(32-20-33(30-7-5-17-46-26-30)22-34(21-32)31-8-6-18-47-27-31)23-39(42)37-14-13-35(24-43(37)50-44)48-40-10-4-3-9-36(40)38-19-28(25-45)11-15-41(38)48/h3-24,26-27H,1-2H3. The van der Waals surface area contributed by atoms with Crippen LogP contribution in [0, 0.1) is 11.3 Å². The SMILES string of the molecule is CC1(C)Oc2cc(-n3c4ccccc4c4cc(C#N)ccc43)ccc2-c2cc(-c3cc(-c4cccnc4)cc(-c4cccnc4)c3)ccc2O1. The number of aromatic nitrogens is 3. The van der Waals surface area contributed by atoms with Crippen LogP contribution in [0.2, 0.25) is 0 Å². The fraction of sp³-hybridized carbons (Fsp3) is 0.0682. The van der Waals surface area contributed by atoms with E-state index in [9.17, 15) is 5.26 Å². The first kappa shape index (κ1) is 29.4. The van der Waals surface area contributed by atoms with Gasteiger partial charge in [-0.25, -0.2) is 0 Å². The molecule has 0 unspecified atom stereocenters. The van der Waals surface area contributed by atoms with Gasteiger partial charge in [-0.3, -0.25) is 9.97 Å². The van der Waals surface area contributed by atoms with E-state index in [4.69, 9.17) is 9.47 Å². The van der Waals surface area contributed by atoms with Crippen LogP contribution in [0.4, 0.5) is 0 Å². The Hall–Kier alpha value is -6.71. The summed E-state index contributed by atoms with van der Waals surface area (Å²) in [6, 6.07) is 43.8. The lowest BCUT2D eigenvalue weighted by Gasteiger charge is -2.26. The van der Waals surface area contributed by atoms with Crippen molar-refractivity contribution in [1.82, 2.24) is 14.5 Å². The van der Waals surface area contributed by atoms with Crippen LogP contribution in [0.1, 0.15) is 19.4 Å². The fourth-order valence-electron chi connectivity index (χ4n) is 7.03. The van der Waals surface area contributed by atoms with Crippen molar-refractivity contribution in [3.63, 3.8) is 0 Å². The number of ether oxygens (including phenoxy) is 2. The summed E-state index contributed by atoms with van der Waals surface area (Å²) >= 11 is 0. The van der Waals surface area contributed by atoms with Gasteiger partial charge in [-0.1, -0.05) is 36.4 Å². The van der Waals surface area contributed by atoms with Crippen molar-refractivity contribution < 1.29 is 9.47 Å². The second kappa shape index (κ2) is 11.5. The van der Waals surface area contributed by atoms with E-state index in [1.807, 2.05) is 74.8 Å². The fourth-order valence-corrected chi connectivity index (χ4v) is 7.03. The number of nitrogens with zero attached hydrogens (tertiary/aromatic N) is 4. The molecule has 0 spiro atoms. The third-order valence-electron chi connectivity index (χ3n) is 9.26. The van der Waals surface area contributed by atoms with E-state index in [1.54, 1.807) is 12.4 Å². The van der Waals surface area contributed by atoms with Gasteiger partial charge in [0.05, 0.1) is 22.7 Å². The van der Waals surface area contributed by atoms with Crippen molar-refractivity contribution in [1.29, 1.82) is 5.26 Å². The van der Waals surface area contributed by atoms with E-state index < -0.39 is 5.79 Å². The predicted molar refractivity (Wildman–Crippen MR) is 198 cm³/mol. The molecule has 0 amide bonds. The quantitative estimate of drug-likeness (QED) is 0.190. The van der Waals surface area contributed by atoms with Crippen molar-refractivity contribution in [2.45, 2.75) is 19.6 Å². The Morgan fingerprint density at radius 2 is 1.24 bits per heavy atom. The molecular formula is C44H30N4O2. The highest BCUT2D eigenvalue weighted by atomic mass is 16.7.